The van der Waals surface area contributed by atoms with Crippen LogP contribution < -0.4 is 20.9 Å². The molecule has 1 aromatic carbocycles. The van der Waals surface area contributed by atoms with Gasteiger partial charge in [-0.25, -0.2) is 0 Å². The van der Waals surface area contributed by atoms with Crippen molar-refractivity contribution in [1.82, 2.24) is 0 Å². The summed E-state index contributed by atoms with van der Waals surface area (Å²) >= 11 is 0. The van der Waals surface area contributed by atoms with E-state index in [0.29, 0.717) is 11.5 Å². The van der Waals surface area contributed by atoms with Gasteiger partial charge in [0.25, 0.3) is 0 Å². The molecule has 15 heavy (non-hydrogen) atoms. The molecule has 4 N–H and O–H groups in total. The first-order valence-corrected chi connectivity index (χ1v) is 4.46. The fraction of sp³-hybridized carbons (Fsp3) is 0.300. The third kappa shape index (κ3) is 3.14. The summed E-state index contributed by atoms with van der Waals surface area (Å²) in [5.41, 5.74) is 10.4. The molecule has 0 radical (unpaired) electrons. The smallest absolute Gasteiger partial charge is 0.237 e. The summed E-state index contributed by atoms with van der Waals surface area (Å²) in [6.45, 7) is 0.0374. The minimum absolute atomic E-state index is 0.0374. The van der Waals surface area contributed by atoms with Gasteiger partial charge in [0.05, 0.1) is 7.11 Å². The molecule has 0 saturated carbocycles. The summed E-state index contributed by atoms with van der Waals surface area (Å²) in [6.07, 6.45) is 0. The first-order valence-electron chi connectivity index (χ1n) is 4.46. The van der Waals surface area contributed by atoms with Crippen molar-refractivity contribution in [2.45, 2.75) is 6.04 Å². The Labute approximate surface area is 88.0 Å². The number of benzene rings is 1. The normalized spacial score (nSPS) is 11.9. The summed E-state index contributed by atoms with van der Waals surface area (Å²) in [5.74, 6) is 0.538. The van der Waals surface area contributed by atoms with E-state index >= 15 is 0 Å². The predicted molar refractivity (Wildman–Crippen MR) is 55.7 cm³/mol. The van der Waals surface area contributed by atoms with E-state index in [2.05, 4.69) is 0 Å². The van der Waals surface area contributed by atoms with Crippen LogP contribution in [0.25, 0.3) is 0 Å². The van der Waals surface area contributed by atoms with Crippen molar-refractivity contribution in [3.8, 4) is 11.5 Å². The number of methoxy groups -OCH3 is 1. The second-order valence-corrected chi connectivity index (χ2v) is 2.97. The van der Waals surface area contributed by atoms with Gasteiger partial charge >= 0.3 is 0 Å². The summed E-state index contributed by atoms with van der Waals surface area (Å²) < 4.78 is 10.4. The van der Waals surface area contributed by atoms with Gasteiger partial charge in [0.2, 0.25) is 5.91 Å². The van der Waals surface area contributed by atoms with Gasteiger partial charge in [0, 0.05) is 0 Å². The molecule has 0 fully saturated rings. The van der Waals surface area contributed by atoms with Crippen LogP contribution in [0.1, 0.15) is 0 Å². The number of rotatable bonds is 5. The Bertz CT molecular complexity index is 341. The van der Waals surface area contributed by atoms with Gasteiger partial charge in [-0.3, -0.25) is 4.79 Å². The lowest BCUT2D eigenvalue weighted by Gasteiger charge is -2.12. The maximum absolute atomic E-state index is 10.7. The van der Waals surface area contributed by atoms with Gasteiger partial charge in [-0.15, -0.1) is 0 Å². The van der Waals surface area contributed by atoms with Gasteiger partial charge in [0.15, 0.2) is 11.5 Å². The number of ether oxygens (including phenoxy) is 2. The van der Waals surface area contributed by atoms with Gasteiger partial charge in [0.1, 0.15) is 12.6 Å². The second-order valence-electron chi connectivity index (χ2n) is 2.97. The fourth-order valence-electron chi connectivity index (χ4n) is 1.000. The van der Waals surface area contributed by atoms with Gasteiger partial charge in [-0.2, -0.15) is 0 Å². The molecule has 0 aromatic heterocycles. The molecule has 1 rings (SSSR count). The molecule has 0 aliphatic carbocycles. The lowest BCUT2D eigenvalue weighted by atomic mass is 10.3. The van der Waals surface area contributed by atoms with E-state index in [4.69, 9.17) is 20.9 Å². The van der Waals surface area contributed by atoms with Crippen LogP contribution in [0.3, 0.4) is 0 Å². The van der Waals surface area contributed by atoms with Crippen LogP contribution in [0.4, 0.5) is 0 Å². The number of primary amides is 1. The van der Waals surface area contributed by atoms with Crippen molar-refractivity contribution in [2.75, 3.05) is 13.7 Å². The van der Waals surface area contributed by atoms with Crippen LogP contribution in [0.5, 0.6) is 11.5 Å². The van der Waals surface area contributed by atoms with Crippen LogP contribution in [0.15, 0.2) is 24.3 Å². The van der Waals surface area contributed by atoms with Crippen LogP contribution >= 0.6 is 0 Å². The van der Waals surface area contributed by atoms with Gasteiger partial charge in [-0.1, -0.05) is 12.1 Å². The summed E-state index contributed by atoms with van der Waals surface area (Å²) in [4.78, 5) is 10.7. The third-order valence-corrected chi connectivity index (χ3v) is 1.85. The average Bonchev–Trinajstić information content (AvgIpc) is 2.26. The monoisotopic (exact) mass is 210 g/mol. The van der Waals surface area contributed by atoms with Gasteiger partial charge in [-0.05, 0) is 12.1 Å². The van der Waals surface area contributed by atoms with Crippen LogP contribution in [-0.2, 0) is 4.79 Å². The maximum Gasteiger partial charge on any atom is 0.237 e. The minimum Gasteiger partial charge on any atom is -0.493 e. The first kappa shape index (κ1) is 11.3. The van der Waals surface area contributed by atoms with Crippen molar-refractivity contribution in [3.63, 3.8) is 0 Å². The largest absolute Gasteiger partial charge is 0.493 e. The Kier molecular flexibility index (Phi) is 3.93. The number of nitrogens with two attached hydrogens (primary N) is 2. The Balaban J connectivity index is 2.60. The van der Waals surface area contributed by atoms with Crippen molar-refractivity contribution in [3.05, 3.63) is 24.3 Å². The molecule has 1 amide bonds. The maximum atomic E-state index is 10.7. The zero-order chi connectivity index (χ0) is 11.3. The molecule has 0 heterocycles. The molecule has 5 nitrogen and oxygen atoms in total. The van der Waals surface area contributed by atoms with Gasteiger partial charge < -0.3 is 20.9 Å². The van der Waals surface area contributed by atoms with Crippen molar-refractivity contribution in [2.24, 2.45) is 11.5 Å². The first-order chi connectivity index (χ1) is 7.15. The Morgan fingerprint density at radius 3 is 2.53 bits per heavy atom. The number of carbonyl (C=O) groups is 1. The zero-order valence-electron chi connectivity index (χ0n) is 8.47. The zero-order valence-corrected chi connectivity index (χ0v) is 8.47. The molecule has 1 atom stereocenters. The lowest BCUT2D eigenvalue weighted by molar-refractivity contribution is -0.119. The molecule has 0 saturated heterocycles. The summed E-state index contributed by atoms with van der Waals surface area (Å²) in [6, 6.07) is 6.29. The number of hydrogen-bond acceptors (Lipinski definition) is 4. The molecule has 5 heteroatoms. The van der Waals surface area contributed by atoms with Crippen LogP contribution in [0, 0.1) is 0 Å². The Hall–Kier alpha value is -1.75. The number of carbonyl (C=O) groups excluding carboxylic acids is 1. The number of para-hydroxylation sites is 2. The SMILES string of the molecule is COc1ccccc1OCC(N)C(N)=O. The number of hydrogen-bond donors (Lipinski definition) is 2. The molecule has 0 spiro atoms. The highest BCUT2D eigenvalue weighted by atomic mass is 16.5. The topological polar surface area (TPSA) is 87.6 Å². The molecule has 82 valence electrons. The van der Waals surface area contributed by atoms with Crippen molar-refractivity contribution < 1.29 is 14.3 Å². The molecule has 1 aromatic rings. The quantitative estimate of drug-likeness (QED) is 0.709. The van der Waals surface area contributed by atoms with E-state index in [1.165, 1.54) is 7.11 Å². The van der Waals surface area contributed by atoms with E-state index in [1.54, 1.807) is 18.2 Å². The standard InChI is InChI=1S/C10H14N2O3/c1-14-8-4-2-3-5-9(8)15-6-7(11)10(12)13/h2-5,7H,6,11H2,1H3,(H2,12,13). The molecular weight excluding hydrogens is 196 g/mol. The summed E-state index contributed by atoms with van der Waals surface area (Å²) in [5, 5.41) is 0. The second kappa shape index (κ2) is 5.21. The Morgan fingerprint density at radius 2 is 2.00 bits per heavy atom. The lowest BCUT2D eigenvalue weighted by Crippen LogP contribution is -2.41. The van der Waals surface area contributed by atoms with E-state index in [1.807, 2.05) is 6.07 Å². The third-order valence-electron chi connectivity index (χ3n) is 1.85. The minimum atomic E-state index is -0.810. The van der Waals surface area contributed by atoms with Crippen LogP contribution in [-0.4, -0.2) is 25.7 Å². The Morgan fingerprint density at radius 1 is 1.40 bits per heavy atom. The summed E-state index contributed by atoms with van der Waals surface area (Å²) in [7, 11) is 1.54. The van der Waals surface area contributed by atoms with E-state index in [-0.39, 0.29) is 6.61 Å². The number of amides is 1. The average molecular weight is 210 g/mol. The fourth-order valence-corrected chi connectivity index (χ4v) is 1.000. The highest BCUT2D eigenvalue weighted by molar-refractivity contribution is 5.79. The van der Waals surface area contributed by atoms with Crippen LogP contribution in [0.2, 0.25) is 0 Å². The van der Waals surface area contributed by atoms with E-state index < -0.39 is 11.9 Å². The molecule has 0 aliphatic heterocycles. The molecular formula is C10H14N2O3. The predicted octanol–water partition coefficient (Wildman–Crippen LogP) is -0.113. The van der Waals surface area contributed by atoms with E-state index in [0.717, 1.165) is 0 Å². The highest BCUT2D eigenvalue weighted by Gasteiger charge is 2.11. The van der Waals surface area contributed by atoms with Crippen molar-refractivity contribution in [1.29, 1.82) is 0 Å². The molecule has 1 unspecified atom stereocenters. The molecule has 0 bridgehead atoms. The highest BCUT2D eigenvalue weighted by Crippen LogP contribution is 2.25. The molecule has 0 aliphatic rings. The van der Waals surface area contributed by atoms with Crippen molar-refractivity contribution >= 4 is 5.91 Å². The van der Waals surface area contributed by atoms with E-state index in [9.17, 15) is 4.79 Å².